The van der Waals surface area contributed by atoms with Gasteiger partial charge in [-0.05, 0) is 19.4 Å². The van der Waals surface area contributed by atoms with Crippen LogP contribution in [0.1, 0.15) is 38.3 Å². The second kappa shape index (κ2) is 8.11. The molecule has 1 heterocycles. The monoisotopic (exact) mass is 368 g/mol. The third kappa shape index (κ3) is 3.99. The lowest BCUT2D eigenvalue weighted by Crippen LogP contribution is -2.46. The van der Waals surface area contributed by atoms with Gasteiger partial charge in [-0.25, -0.2) is 9.59 Å². The summed E-state index contributed by atoms with van der Waals surface area (Å²) < 4.78 is 10.2. The van der Waals surface area contributed by atoms with Crippen LogP contribution in [0.3, 0.4) is 0 Å². The molecule has 0 bridgehead atoms. The highest BCUT2D eigenvalue weighted by molar-refractivity contribution is 6.30. The van der Waals surface area contributed by atoms with Crippen molar-refractivity contribution >= 4 is 23.6 Å². The van der Waals surface area contributed by atoms with Gasteiger partial charge in [0.1, 0.15) is 0 Å². The number of amides is 2. The Kier molecular flexibility index (Phi) is 6.14. The fraction of sp³-hybridized carbons (Fsp3) is 0.412. The first-order chi connectivity index (χ1) is 11.9. The van der Waals surface area contributed by atoms with Gasteiger partial charge < -0.3 is 25.2 Å². The summed E-state index contributed by atoms with van der Waals surface area (Å²) in [5.41, 5.74) is 0.965. The number of allylic oxidation sites excluding steroid dienone is 1. The van der Waals surface area contributed by atoms with Crippen molar-refractivity contribution in [2.75, 3.05) is 13.7 Å². The summed E-state index contributed by atoms with van der Waals surface area (Å²) in [6, 6.07) is 1.56. The Morgan fingerprint density at radius 2 is 2.08 bits per heavy atom. The van der Waals surface area contributed by atoms with Crippen molar-refractivity contribution in [1.82, 2.24) is 10.6 Å². The molecule has 1 aromatic rings. The topological polar surface area (TPSA) is 96.9 Å². The highest BCUT2D eigenvalue weighted by Gasteiger charge is 2.35. The van der Waals surface area contributed by atoms with Gasteiger partial charge in [-0.1, -0.05) is 24.9 Å². The largest absolute Gasteiger partial charge is 0.504 e. The number of hydrogen-bond acceptors (Lipinski definition) is 5. The van der Waals surface area contributed by atoms with Gasteiger partial charge in [-0.2, -0.15) is 0 Å². The van der Waals surface area contributed by atoms with E-state index >= 15 is 0 Å². The molecule has 1 unspecified atom stereocenters. The second-order valence-corrected chi connectivity index (χ2v) is 5.88. The molecule has 0 saturated heterocycles. The molecule has 1 aliphatic rings. The number of carbonyl (C=O) groups excluding carboxylic acids is 2. The minimum Gasteiger partial charge on any atom is -0.504 e. The number of halogens is 1. The Hall–Kier alpha value is -2.41. The molecule has 136 valence electrons. The first-order valence-corrected chi connectivity index (χ1v) is 8.34. The van der Waals surface area contributed by atoms with E-state index in [4.69, 9.17) is 21.1 Å². The van der Waals surface area contributed by atoms with Crippen LogP contribution < -0.4 is 15.4 Å². The molecule has 0 spiro atoms. The lowest BCUT2D eigenvalue weighted by Gasteiger charge is -2.30. The number of carbonyl (C=O) groups is 2. The van der Waals surface area contributed by atoms with Crippen molar-refractivity contribution in [2.24, 2.45) is 0 Å². The number of nitrogens with one attached hydrogen (secondary N) is 2. The zero-order valence-corrected chi connectivity index (χ0v) is 15.1. The SMILES string of the molecule is CCCC1=C(C(=O)OCC)C(c2cc(Cl)cc(OC)c2O)NC(=O)N1. The average molecular weight is 369 g/mol. The number of phenolic OH excluding ortho intramolecular Hbond substituents is 1. The quantitative estimate of drug-likeness (QED) is 0.670. The molecule has 1 atom stereocenters. The van der Waals surface area contributed by atoms with Gasteiger partial charge in [0.15, 0.2) is 11.5 Å². The van der Waals surface area contributed by atoms with E-state index in [1.165, 1.54) is 19.2 Å². The highest BCUT2D eigenvalue weighted by atomic mass is 35.5. The van der Waals surface area contributed by atoms with E-state index in [9.17, 15) is 14.7 Å². The van der Waals surface area contributed by atoms with E-state index in [0.29, 0.717) is 17.1 Å². The third-order valence-corrected chi connectivity index (χ3v) is 3.97. The van der Waals surface area contributed by atoms with Gasteiger partial charge in [0, 0.05) is 22.3 Å². The fourth-order valence-electron chi connectivity index (χ4n) is 2.72. The third-order valence-electron chi connectivity index (χ3n) is 3.75. The molecule has 25 heavy (non-hydrogen) atoms. The van der Waals surface area contributed by atoms with Crippen molar-refractivity contribution < 1.29 is 24.2 Å². The normalized spacial score (nSPS) is 17.0. The smallest absolute Gasteiger partial charge is 0.338 e. The molecule has 2 rings (SSSR count). The Morgan fingerprint density at radius 3 is 2.68 bits per heavy atom. The summed E-state index contributed by atoms with van der Waals surface area (Å²) in [5, 5.41) is 16.1. The van der Waals surface area contributed by atoms with Crippen molar-refractivity contribution in [2.45, 2.75) is 32.7 Å². The molecule has 0 aliphatic carbocycles. The summed E-state index contributed by atoms with van der Waals surface area (Å²) in [5.74, 6) is -0.617. The van der Waals surface area contributed by atoms with Gasteiger partial charge in [0.25, 0.3) is 0 Å². The molecular weight excluding hydrogens is 348 g/mol. The zero-order chi connectivity index (χ0) is 18.6. The van der Waals surface area contributed by atoms with Crippen LogP contribution in [0.15, 0.2) is 23.4 Å². The lowest BCUT2D eigenvalue weighted by molar-refractivity contribution is -0.139. The van der Waals surface area contributed by atoms with Gasteiger partial charge in [-0.15, -0.1) is 0 Å². The lowest BCUT2D eigenvalue weighted by atomic mass is 9.93. The number of urea groups is 1. The number of methoxy groups -OCH3 is 1. The van der Waals surface area contributed by atoms with Gasteiger partial charge in [-0.3, -0.25) is 0 Å². The van der Waals surface area contributed by atoms with Gasteiger partial charge >= 0.3 is 12.0 Å². The molecule has 3 N–H and O–H groups in total. The van der Waals surface area contributed by atoms with Crippen LogP contribution >= 0.6 is 11.6 Å². The van der Waals surface area contributed by atoms with E-state index in [1.54, 1.807) is 6.92 Å². The van der Waals surface area contributed by atoms with Gasteiger partial charge in [0.05, 0.1) is 25.3 Å². The van der Waals surface area contributed by atoms with Crippen molar-refractivity contribution in [3.8, 4) is 11.5 Å². The Balaban J connectivity index is 2.63. The number of benzene rings is 1. The summed E-state index contributed by atoms with van der Waals surface area (Å²) in [6.07, 6.45) is 1.20. The predicted octanol–water partition coefficient (Wildman–Crippen LogP) is 3.03. The predicted molar refractivity (Wildman–Crippen MR) is 92.6 cm³/mol. The summed E-state index contributed by atoms with van der Waals surface area (Å²) in [6.45, 7) is 3.81. The molecule has 2 amide bonds. The maximum absolute atomic E-state index is 12.5. The highest BCUT2D eigenvalue weighted by Crippen LogP contribution is 2.41. The maximum Gasteiger partial charge on any atom is 0.338 e. The molecule has 1 aliphatic heterocycles. The van der Waals surface area contributed by atoms with E-state index in [-0.39, 0.29) is 29.2 Å². The molecule has 0 saturated carbocycles. The molecular formula is C17H21ClN2O5. The van der Waals surface area contributed by atoms with Crippen LogP contribution in [0.25, 0.3) is 0 Å². The molecule has 1 aromatic carbocycles. The van der Waals surface area contributed by atoms with E-state index < -0.39 is 18.0 Å². The van der Waals surface area contributed by atoms with Crippen LogP contribution in [0.5, 0.6) is 11.5 Å². The van der Waals surface area contributed by atoms with Crippen LogP contribution in [-0.4, -0.2) is 30.8 Å². The number of ether oxygens (including phenoxy) is 2. The summed E-state index contributed by atoms with van der Waals surface area (Å²) in [7, 11) is 1.39. The number of rotatable bonds is 6. The molecule has 8 heteroatoms. The number of esters is 1. The fourth-order valence-corrected chi connectivity index (χ4v) is 2.94. The molecule has 0 fully saturated rings. The van der Waals surface area contributed by atoms with E-state index in [2.05, 4.69) is 10.6 Å². The van der Waals surface area contributed by atoms with Crippen LogP contribution in [0, 0.1) is 0 Å². The first-order valence-electron chi connectivity index (χ1n) is 7.96. The standard InChI is InChI=1S/C17H21ClN2O5/c1-4-6-11-13(16(22)25-5-2)14(20-17(23)19-11)10-7-9(18)8-12(24-3)15(10)21/h7-8,14,21H,4-6H2,1-3H3,(H2,19,20,23). The van der Waals surface area contributed by atoms with Crippen LogP contribution in [0.2, 0.25) is 5.02 Å². The molecule has 0 aromatic heterocycles. The van der Waals surface area contributed by atoms with Crippen LogP contribution in [0.4, 0.5) is 4.79 Å². The maximum atomic E-state index is 12.5. The van der Waals surface area contributed by atoms with Crippen molar-refractivity contribution in [1.29, 1.82) is 0 Å². The molecule has 0 radical (unpaired) electrons. The average Bonchev–Trinajstić information content (AvgIpc) is 2.56. The minimum atomic E-state index is -0.901. The summed E-state index contributed by atoms with van der Waals surface area (Å²) >= 11 is 6.09. The summed E-state index contributed by atoms with van der Waals surface area (Å²) in [4.78, 5) is 24.6. The zero-order valence-electron chi connectivity index (χ0n) is 14.3. The number of phenols is 1. The van der Waals surface area contributed by atoms with E-state index in [0.717, 1.165) is 6.42 Å². The van der Waals surface area contributed by atoms with E-state index in [1.807, 2.05) is 6.92 Å². The number of hydrogen-bond donors (Lipinski definition) is 3. The van der Waals surface area contributed by atoms with Crippen LogP contribution in [-0.2, 0) is 9.53 Å². The Bertz CT molecular complexity index is 717. The second-order valence-electron chi connectivity index (χ2n) is 5.44. The van der Waals surface area contributed by atoms with Crippen molar-refractivity contribution in [3.63, 3.8) is 0 Å². The number of aromatic hydroxyl groups is 1. The molecule has 7 nitrogen and oxygen atoms in total. The Morgan fingerprint density at radius 1 is 1.36 bits per heavy atom. The first kappa shape index (κ1) is 18.9. The minimum absolute atomic E-state index is 0.149. The van der Waals surface area contributed by atoms with Crippen molar-refractivity contribution in [3.05, 3.63) is 34.0 Å². The van der Waals surface area contributed by atoms with Gasteiger partial charge in [0.2, 0.25) is 0 Å². The Labute approximate surface area is 150 Å².